The van der Waals surface area contributed by atoms with Crippen LogP contribution in [0.3, 0.4) is 0 Å². The third-order valence-electron chi connectivity index (χ3n) is 1.04. The molecular weight excluding hydrogens is 162 g/mol. The molecule has 0 aliphatic heterocycles. The number of guanidine groups is 1. The Morgan fingerprint density at radius 1 is 1.58 bits per heavy atom. The Hall–Kier alpha value is -1.59. The molecule has 0 aromatic heterocycles. The summed E-state index contributed by atoms with van der Waals surface area (Å²) in [6.07, 6.45) is 0. The van der Waals surface area contributed by atoms with Crippen LogP contribution in [-0.4, -0.2) is 36.4 Å². The van der Waals surface area contributed by atoms with Gasteiger partial charge in [0.05, 0.1) is 0 Å². The fourth-order valence-corrected chi connectivity index (χ4v) is 0.471. The molecule has 0 unspecified atom stereocenters. The van der Waals surface area contributed by atoms with Gasteiger partial charge in [0.25, 0.3) is 0 Å². The molecule has 0 rings (SSSR count). The Kier molecular flexibility index (Phi) is 3.75. The third-order valence-corrected chi connectivity index (χ3v) is 1.04. The van der Waals surface area contributed by atoms with E-state index in [2.05, 4.69) is 4.74 Å². The predicted molar refractivity (Wildman–Crippen MR) is 41.3 cm³/mol. The molecular formula is C6H11N3O3. The number of nitrogens with one attached hydrogen (secondary N) is 1. The van der Waals surface area contributed by atoms with Crippen molar-refractivity contribution >= 4 is 17.9 Å². The van der Waals surface area contributed by atoms with Crippen LogP contribution in [0.2, 0.25) is 0 Å². The number of carbonyl (C=O) groups is 2. The average Bonchev–Trinajstić information content (AvgIpc) is 1.84. The third kappa shape index (κ3) is 4.26. The number of esters is 2. The molecule has 6 nitrogen and oxygen atoms in total. The fraction of sp³-hybridized carbons (Fsp3) is 0.500. The first-order valence-corrected chi connectivity index (χ1v) is 3.20. The molecule has 0 heterocycles. The molecule has 0 radical (unpaired) electrons. The molecule has 12 heavy (non-hydrogen) atoms. The normalized spacial score (nSPS) is 8.83. The summed E-state index contributed by atoms with van der Waals surface area (Å²) >= 11 is 0. The number of ether oxygens (including phenoxy) is 1. The van der Waals surface area contributed by atoms with E-state index in [0.29, 0.717) is 0 Å². The van der Waals surface area contributed by atoms with Crippen molar-refractivity contribution in [3.8, 4) is 0 Å². The smallest absolute Gasteiger partial charge is 0.333 e. The van der Waals surface area contributed by atoms with Crippen molar-refractivity contribution in [3.63, 3.8) is 0 Å². The second kappa shape index (κ2) is 4.32. The van der Waals surface area contributed by atoms with E-state index in [4.69, 9.17) is 11.1 Å². The molecule has 0 atom stereocenters. The van der Waals surface area contributed by atoms with Crippen molar-refractivity contribution < 1.29 is 14.3 Å². The van der Waals surface area contributed by atoms with Gasteiger partial charge in [0.15, 0.2) is 5.96 Å². The lowest BCUT2D eigenvalue weighted by atomic mass is 10.6. The summed E-state index contributed by atoms with van der Waals surface area (Å²) in [4.78, 5) is 22.1. The number of nitrogens with zero attached hydrogens (tertiary/aromatic N) is 1. The lowest BCUT2D eigenvalue weighted by molar-refractivity contribution is -0.158. The van der Waals surface area contributed by atoms with Gasteiger partial charge in [0.2, 0.25) is 0 Å². The monoisotopic (exact) mass is 173 g/mol. The zero-order valence-electron chi connectivity index (χ0n) is 6.96. The summed E-state index contributed by atoms with van der Waals surface area (Å²) in [6, 6.07) is 0. The van der Waals surface area contributed by atoms with Crippen LogP contribution in [0.4, 0.5) is 0 Å². The van der Waals surface area contributed by atoms with Crippen molar-refractivity contribution in [1.29, 1.82) is 5.41 Å². The van der Waals surface area contributed by atoms with E-state index in [1.165, 1.54) is 7.05 Å². The first-order chi connectivity index (χ1) is 5.43. The van der Waals surface area contributed by atoms with Crippen LogP contribution in [0.5, 0.6) is 0 Å². The number of hydrogen-bond donors (Lipinski definition) is 2. The zero-order valence-corrected chi connectivity index (χ0v) is 6.96. The van der Waals surface area contributed by atoms with Crippen molar-refractivity contribution in [2.75, 3.05) is 13.6 Å². The maximum absolute atomic E-state index is 10.7. The summed E-state index contributed by atoms with van der Waals surface area (Å²) in [5.74, 6) is -1.65. The summed E-state index contributed by atoms with van der Waals surface area (Å²) in [6.45, 7) is 0.931. The largest absolute Gasteiger partial charge is 0.392 e. The molecule has 0 spiro atoms. The van der Waals surface area contributed by atoms with Crippen molar-refractivity contribution in [2.24, 2.45) is 5.73 Å². The molecule has 0 saturated heterocycles. The summed E-state index contributed by atoms with van der Waals surface area (Å²) in [5.41, 5.74) is 5.03. The first-order valence-electron chi connectivity index (χ1n) is 3.20. The maximum atomic E-state index is 10.7. The van der Waals surface area contributed by atoms with Crippen LogP contribution in [0.15, 0.2) is 0 Å². The Morgan fingerprint density at radius 2 is 2.08 bits per heavy atom. The summed E-state index contributed by atoms with van der Waals surface area (Å²) < 4.78 is 4.20. The van der Waals surface area contributed by atoms with Crippen LogP contribution in [0, 0.1) is 5.41 Å². The Balaban J connectivity index is 3.85. The number of hydrogen-bond acceptors (Lipinski definition) is 4. The second-order valence-electron chi connectivity index (χ2n) is 2.21. The molecule has 68 valence electrons. The van der Waals surface area contributed by atoms with E-state index < -0.39 is 11.9 Å². The summed E-state index contributed by atoms with van der Waals surface area (Å²) in [7, 11) is 1.45. The maximum Gasteiger partial charge on any atom is 0.333 e. The number of likely N-dealkylation sites (N-methyl/N-ethyl adjacent to an activating group) is 1. The molecule has 6 heteroatoms. The first kappa shape index (κ1) is 10.4. The van der Waals surface area contributed by atoms with Crippen LogP contribution in [0.25, 0.3) is 0 Å². The Morgan fingerprint density at radius 3 is 2.42 bits per heavy atom. The molecule has 0 aromatic carbocycles. The minimum Gasteiger partial charge on any atom is -0.392 e. The molecule has 0 aliphatic rings. The van der Waals surface area contributed by atoms with E-state index in [1.54, 1.807) is 0 Å². The van der Waals surface area contributed by atoms with Gasteiger partial charge in [-0.1, -0.05) is 0 Å². The van der Waals surface area contributed by atoms with Gasteiger partial charge in [-0.3, -0.25) is 10.2 Å². The lowest BCUT2D eigenvalue weighted by Gasteiger charge is -2.13. The summed E-state index contributed by atoms with van der Waals surface area (Å²) in [5, 5.41) is 6.89. The van der Waals surface area contributed by atoms with Crippen LogP contribution in [-0.2, 0) is 14.3 Å². The average molecular weight is 173 g/mol. The molecule has 0 aliphatic carbocycles. The Bertz CT molecular complexity index is 214. The molecule has 3 N–H and O–H groups in total. The minimum atomic E-state index is -0.722. The molecule has 0 saturated carbocycles. The van der Waals surface area contributed by atoms with Gasteiger partial charge < -0.3 is 15.4 Å². The fourth-order valence-electron chi connectivity index (χ4n) is 0.471. The van der Waals surface area contributed by atoms with Gasteiger partial charge in [0, 0.05) is 14.0 Å². The number of nitrogens with two attached hydrogens (primary N) is 1. The topological polar surface area (TPSA) is 96.5 Å². The lowest BCUT2D eigenvalue weighted by Crippen LogP contribution is -2.37. The van der Waals surface area contributed by atoms with E-state index in [0.717, 1.165) is 11.8 Å². The highest BCUT2D eigenvalue weighted by Gasteiger charge is 2.10. The second-order valence-corrected chi connectivity index (χ2v) is 2.21. The molecule has 0 amide bonds. The number of carbonyl (C=O) groups excluding carboxylic acids is 2. The highest BCUT2D eigenvalue weighted by molar-refractivity contribution is 5.87. The van der Waals surface area contributed by atoms with Gasteiger partial charge in [-0.2, -0.15) is 0 Å². The highest BCUT2D eigenvalue weighted by Crippen LogP contribution is 1.84. The SMILES string of the molecule is CC(=O)OC(=O)CN(C)C(=N)N. The zero-order chi connectivity index (χ0) is 9.72. The van der Waals surface area contributed by atoms with E-state index in [1.807, 2.05) is 0 Å². The van der Waals surface area contributed by atoms with Gasteiger partial charge in [-0.25, -0.2) is 4.79 Å². The standard InChI is InChI=1S/C6H11N3O3/c1-4(10)12-5(11)3-9(2)6(7)8/h3H2,1-2H3,(H3,7,8). The van der Waals surface area contributed by atoms with Crippen LogP contribution in [0.1, 0.15) is 6.92 Å². The van der Waals surface area contributed by atoms with Gasteiger partial charge in [-0.15, -0.1) is 0 Å². The highest BCUT2D eigenvalue weighted by atomic mass is 16.6. The molecule has 0 fully saturated rings. The quantitative estimate of drug-likeness (QED) is 0.239. The predicted octanol–water partition coefficient (Wildman–Crippen LogP) is -1.10. The number of rotatable bonds is 2. The van der Waals surface area contributed by atoms with Gasteiger partial charge >= 0.3 is 11.9 Å². The minimum absolute atomic E-state index is 0.199. The van der Waals surface area contributed by atoms with E-state index >= 15 is 0 Å². The molecule has 0 aromatic rings. The van der Waals surface area contributed by atoms with Crippen molar-refractivity contribution in [1.82, 2.24) is 4.90 Å². The van der Waals surface area contributed by atoms with E-state index in [-0.39, 0.29) is 12.5 Å². The van der Waals surface area contributed by atoms with Crippen LogP contribution >= 0.6 is 0 Å². The molecule has 0 bridgehead atoms. The van der Waals surface area contributed by atoms with Gasteiger partial charge in [0.1, 0.15) is 6.54 Å². The van der Waals surface area contributed by atoms with Crippen LogP contribution < -0.4 is 5.73 Å². The van der Waals surface area contributed by atoms with Crippen molar-refractivity contribution in [3.05, 3.63) is 0 Å². The van der Waals surface area contributed by atoms with Gasteiger partial charge in [-0.05, 0) is 0 Å². The Labute approximate surface area is 69.8 Å². The van der Waals surface area contributed by atoms with Crippen molar-refractivity contribution in [2.45, 2.75) is 6.92 Å². The van der Waals surface area contributed by atoms with E-state index in [9.17, 15) is 9.59 Å².